The molecule has 1 saturated heterocycles. The van der Waals surface area contributed by atoms with Gasteiger partial charge in [0.15, 0.2) is 0 Å². The highest BCUT2D eigenvalue weighted by Gasteiger charge is 2.50. The lowest BCUT2D eigenvalue weighted by atomic mass is 10.2. The third kappa shape index (κ3) is 2.66. The van der Waals surface area contributed by atoms with Crippen LogP contribution in [0.1, 0.15) is 43.6 Å². The van der Waals surface area contributed by atoms with Crippen molar-refractivity contribution >= 4 is 6.09 Å². The van der Waals surface area contributed by atoms with Gasteiger partial charge in [-0.3, -0.25) is 9.47 Å². The van der Waals surface area contributed by atoms with Crippen LogP contribution in [0.15, 0.2) is 29.1 Å². The van der Waals surface area contributed by atoms with Crippen LogP contribution in [0.5, 0.6) is 5.88 Å². The highest BCUT2D eigenvalue weighted by atomic mass is 19.4. The topological polar surface area (TPSA) is 76.7 Å². The van der Waals surface area contributed by atoms with Crippen LogP contribution >= 0.6 is 0 Å². The molecule has 0 saturated carbocycles. The molecule has 1 aromatic carbocycles. The Bertz CT molecular complexity index is 1010. The highest BCUT2D eigenvalue weighted by Crippen LogP contribution is 2.48. The van der Waals surface area contributed by atoms with E-state index in [1.807, 2.05) is 0 Å². The number of alkyl halides is 3. The molecule has 1 N–H and O–H groups in total. The molecule has 2 aliphatic heterocycles. The van der Waals surface area contributed by atoms with E-state index in [-0.39, 0.29) is 30.1 Å². The third-order valence-corrected chi connectivity index (χ3v) is 5.06. The first-order valence-electron chi connectivity index (χ1n) is 8.80. The van der Waals surface area contributed by atoms with Crippen molar-refractivity contribution < 1.29 is 27.8 Å². The zero-order valence-corrected chi connectivity index (χ0v) is 15.1. The average Bonchev–Trinajstić information content (AvgIpc) is 3.25. The van der Waals surface area contributed by atoms with E-state index < -0.39 is 35.4 Å². The Morgan fingerprint density at radius 2 is 2.04 bits per heavy atom. The van der Waals surface area contributed by atoms with E-state index in [9.17, 15) is 27.9 Å². The van der Waals surface area contributed by atoms with Gasteiger partial charge in [0.05, 0.1) is 29.4 Å². The average molecular weight is 397 g/mol. The van der Waals surface area contributed by atoms with Crippen LogP contribution in [0.4, 0.5) is 18.0 Å². The number of carbonyl (C=O) groups excluding carboxylic acids is 1. The third-order valence-electron chi connectivity index (χ3n) is 5.06. The molecule has 2 aliphatic rings. The molecular weight excluding hydrogens is 379 g/mol. The minimum Gasteiger partial charge on any atom is -0.493 e. The monoisotopic (exact) mass is 397 g/mol. The van der Waals surface area contributed by atoms with Crippen LogP contribution in [0.3, 0.4) is 0 Å². The maximum atomic E-state index is 13.0. The lowest BCUT2D eigenvalue weighted by molar-refractivity contribution is -0.137. The fourth-order valence-electron chi connectivity index (χ4n) is 3.97. The summed E-state index contributed by atoms with van der Waals surface area (Å²) in [6.07, 6.45) is -4.99. The summed E-state index contributed by atoms with van der Waals surface area (Å²) >= 11 is 0. The maximum Gasteiger partial charge on any atom is 0.416 e. The summed E-state index contributed by atoms with van der Waals surface area (Å²) in [7, 11) is 0. The Balaban J connectivity index is 1.77. The molecule has 10 heteroatoms. The van der Waals surface area contributed by atoms with Crippen molar-refractivity contribution in [1.29, 1.82) is 0 Å². The van der Waals surface area contributed by atoms with Crippen molar-refractivity contribution in [2.45, 2.75) is 44.6 Å². The van der Waals surface area contributed by atoms with Crippen molar-refractivity contribution in [3.63, 3.8) is 0 Å². The van der Waals surface area contributed by atoms with Gasteiger partial charge in [0.2, 0.25) is 5.88 Å². The number of carbonyl (C=O) groups is 1. The summed E-state index contributed by atoms with van der Waals surface area (Å²) in [5.74, 6) is -0.459. The number of rotatable bonds is 2. The number of amides is 1. The molecule has 1 fully saturated rings. The van der Waals surface area contributed by atoms with Gasteiger partial charge in [-0.2, -0.15) is 13.2 Å². The quantitative estimate of drug-likeness (QED) is 0.844. The Labute approximate surface area is 157 Å². The van der Waals surface area contributed by atoms with Crippen LogP contribution in [0.25, 0.3) is 5.69 Å². The van der Waals surface area contributed by atoms with E-state index in [0.717, 1.165) is 16.7 Å². The zero-order chi connectivity index (χ0) is 20.4. The standard InChI is InChI=1S/C18H18F3N3O4/c1-9(2)28-17(27)22-8-12-7-13(22)14-15(25)24(16(26)23(12)14)11-5-3-4-10(6-11)18(19,20)21/h3-6,9,12-13,25H,7-8H2,1-2H3/t12-,13-/m0/s1. The second-order valence-electron chi connectivity index (χ2n) is 7.24. The molecule has 2 atom stereocenters. The molecule has 3 heterocycles. The van der Waals surface area contributed by atoms with Crippen LogP contribution in [0, 0.1) is 0 Å². The van der Waals surface area contributed by atoms with Gasteiger partial charge in [-0.15, -0.1) is 0 Å². The number of ether oxygens (including phenoxy) is 1. The Morgan fingerprint density at radius 3 is 2.68 bits per heavy atom. The van der Waals surface area contributed by atoms with Gasteiger partial charge in [-0.1, -0.05) is 6.07 Å². The number of hydrogen-bond acceptors (Lipinski definition) is 4. The first kappa shape index (κ1) is 18.5. The van der Waals surface area contributed by atoms with Crippen LogP contribution in [0.2, 0.25) is 0 Å². The van der Waals surface area contributed by atoms with E-state index >= 15 is 0 Å². The Kier molecular flexibility index (Phi) is 3.98. The number of benzene rings is 1. The summed E-state index contributed by atoms with van der Waals surface area (Å²) in [5.41, 5.74) is -1.42. The van der Waals surface area contributed by atoms with Gasteiger partial charge in [-0.25, -0.2) is 14.2 Å². The largest absolute Gasteiger partial charge is 0.493 e. The van der Waals surface area contributed by atoms with Gasteiger partial charge in [-0.05, 0) is 38.5 Å². The number of halogens is 3. The van der Waals surface area contributed by atoms with E-state index in [0.29, 0.717) is 6.42 Å². The molecule has 0 unspecified atom stereocenters. The van der Waals surface area contributed by atoms with Gasteiger partial charge in [0.1, 0.15) is 5.69 Å². The van der Waals surface area contributed by atoms with Crippen LogP contribution < -0.4 is 5.69 Å². The number of aromatic nitrogens is 2. The van der Waals surface area contributed by atoms with Crippen molar-refractivity contribution in [3.8, 4) is 11.6 Å². The number of hydrogen-bond donors (Lipinski definition) is 1. The number of likely N-dealkylation sites (tertiary alicyclic amines) is 1. The van der Waals surface area contributed by atoms with Crippen LogP contribution in [-0.4, -0.2) is 37.9 Å². The van der Waals surface area contributed by atoms with E-state index in [1.165, 1.54) is 21.6 Å². The van der Waals surface area contributed by atoms with Crippen molar-refractivity contribution in [1.82, 2.24) is 14.0 Å². The van der Waals surface area contributed by atoms with Crippen molar-refractivity contribution in [2.75, 3.05) is 6.54 Å². The SMILES string of the molecule is CC(C)OC(=O)N1C[C@@H]2C[C@H]1c1c(O)n(-c3cccc(C(F)(F)F)c3)c(=O)n12. The normalized spacial score (nSPS) is 20.7. The van der Waals surface area contributed by atoms with Crippen LogP contribution in [-0.2, 0) is 10.9 Å². The lowest BCUT2D eigenvalue weighted by Gasteiger charge is -2.27. The summed E-state index contributed by atoms with van der Waals surface area (Å²) in [6, 6.07) is 3.28. The molecule has 1 amide bonds. The molecule has 150 valence electrons. The lowest BCUT2D eigenvalue weighted by Crippen LogP contribution is -2.38. The number of nitrogens with zero attached hydrogens (tertiary/aromatic N) is 3. The van der Waals surface area contributed by atoms with E-state index in [4.69, 9.17) is 4.74 Å². The molecular formula is C18H18F3N3O4. The highest BCUT2D eigenvalue weighted by molar-refractivity contribution is 5.69. The van der Waals surface area contributed by atoms with Crippen molar-refractivity contribution in [2.24, 2.45) is 0 Å². The molecule has 7 nitrogen and oxygen atoms in total. The molecule has 0 radical (unpaired) electrons. The molecule has 4 rings (SSSR count). The Morgan fingerprint density at radius 1 is 1.32 bits per heavy atom. The summed E-state index contributed by atoms with van der Waals surface area (Å²) in [5, 5.41) is 10.7. The van der Waals surface area contributed by atoms with E-state index in [2.05, 4.69) is 0 Å². The summed E-state index contributed by atoms with van der Waals surface area (Å²) in [4.78, 5) is 26.6. The van der Waals surface area contributed by atoms with E-state index in [1.54, 1.807) is 13.8 Å². The summed E-state index contributed by atoms with van der Waals surface area (Å²) < 4.78 is 46.4. The van der Waals surface area contributed by atoms with Gasteiger partial charge in [0.25, 0.3) is 0 Å². The second-order valence-corrected chi connectivity index (χ2v) is 7.24. The maximum absolute atomic E-state index is 13.0. The minimum absolute atomic E-state index is 0.0880. The Hall–Kier alpha value is -2.91. The van der Waals surface area contributed by atoms with Crippen molar-refractivity contribution in [3.05, 3.63) is 46.0 Å². The molecule has 0 aliphatic carbocycles. The first-order chi connectivity index (χ1) is 13.1. The molecule has 2 aromatic rings. The molecule has 0 spiro atoms. The fraction of sp³-hybridized carbons (Fsp3) is 0.444. The second kappa shape index (κ2) is 6.05. The fourth-order valence-corrected chi connectivity index (χ4v) is 3.97. The minimum atomic E-state index is -4.58. The predicted octanol–water partition coefficient (Wildman–Crippen LogP) is 3.21. The summed E-state index contributed by atoms with van der Waals surface area (Å²) in [6.45, 7) is 3.67. The zero-order valence-electron chi connectivity index (χ0n) is 15.1. The number of aromatic hydroxyl groups is 1. The number of imidazole rings is 1. The van der Waals surface area contributed by atoms with Gasteiger partial charge in [0, 0.05) is 6.54 Å². The number of fused-ring (bicyclic) bond motifs is 5. The first-order valence-corrected chi connectivity index (χ1v) is 8.80. The molecule has 1 aromatic heterocycles. The smallest absolute Gasteiger partial charge is 0.416 e. The van der Waals surface area contributed by atoms with Gasteiger partial charge >= 0.3 is 18.0 Å². The van der Waals surface area contributed by atoms with Gasteiger partial charge < -0.3 is 9.84 Å². The molecule has 2 bridgehead atoms. The predicted molar refractivity (Wildman–Crippen MR) is 91.4 cm³/mol. The molecule has 28 heavy (non-hydrogen) atoms.